The highest BCUT2D eigenvalue weighted by molar-refractivity contribution is 7.99. The van der Waals surface area contributed by atoms with Gasteiger partial charge in [-0.25, -0.2) is 4.98 Å². The maximum absolute atomic E-state index is 13.0. The average Bonchev–Trinajstić information content (AvgIpc) is 3.24. The number of aromatic nitrogens is 2. The summed E-state index contributed by atoms with van der Waals surface area (Å²) in [7, 11) is 0. The molecule has 2 aromatic heterocycles. The average molecular weight is 460 g/mol. The summed E-state index contributed by atoms with van der Waals surface area (Å²) in [5, 5.41) is 4.50. The molecule has 0 radical (unpaired) electrons. The molecular formula is C21H15Cl2N3O3S. The molecule has 9 heteroatoms. The van der Waals surface area contributed by atoms with Crippen molar-refractivity contribution in [2.75, 3.05) is 11.1 Å². The van der Waals surface area contributed by atoms with Crippen molar-refractivity contribution in [2.24, 2.45) is 0 Å². The monoisotopic (exact) mass is 459 g/mol. The van der Waals surface area contributed by atoms with Crippen LogP contribution in [0, 0.1) is 0 Å². The first kappa shape index (κ1) is 20.5. The van der Waals surface area contributed by atoms with Gasteiger partial charge in [0.2, 0.25) is 5.91 Å². The van der Waals surface area contributed by atoms with Crippen molar-refractivity contribution < 1.29 is 9.21 Å². The number of furan rings is 1. The molecule has 0 aliphatic heterocycles. The van der Waals surface area contributed by atoms with Gasteiger partial charge in [0, 0.05) is 5.02 Å². The number of carbonyl (C=O) groups is 1. The Labute approximate surface area is 185 Å². The molecule has 1 N–H and O–H groups in total. The van der Waals surface area contributed by atoms with E-state index in [1.165, 1.54) is 4.57 Å². The summed E-state index contributed by atoms with van der Waals surface area (Å²) >= 11 is 13.2. The van der Waals surface area contributed by atoms with Crippen LogP contribution in [0.15, 0.2) is 75.2 Å². The molecule has 0 bridgehead atoms. The number of thioether (sulfide) groups is 1. The van der Waals surface area contributed by atoms with Crippen molar-refractivity contribution in [3.8, 4) is 0 Å². The Hall–Kier alpha value is -2.74. The van der Waals surface area contributed by atoms with Crippen molar-refractivity contribution in [2.45, 2.75) is 11.7 Å². The van der Waals surface area contributed by atoms with E-state index in [1.807, 2.05) is 6.07 Å². The Morgan fingerprint density at radius 2 is 1.97 bits per heavy atom. The number of amides is 1. The van der Waals surface area contributed by atoms with Crippen LogP contribution in [0.2, 0.25) is 10.0 Å². The van der Waals surface area contributed by atoms with Gasteiger partial charge < -0.3 is 9.73 Å². The van der Waals surface area contributed by atoms with Crippen LogP contribution in [0.1, 0.15) is 5.76 Å². The summed E-state index contributed by atoms with van der Waals surface area (Å²) in [5.74, 6) is 0.381. The SMILES string of the molecule is O=C(CSc1nc2ccccc2c(=O)n1Cc1ccco1)Nc1ccc(Cl)cc1Cl. The van der Waals surface area contributed by atoms with Crippen LogP contribution >= 0.6 is 35.0 Å². The lowest BCUT2D eigenvalue weighted by molar-refractivity contribution is -0.113. The van der Waals surface area contributed by atoms with Gasteiger partial charge in [0.05, 0.1) is 40.2 Å². The number of benzene rings is 2. The summed E-state index contributed by atoms with van der Waals surface area (Å²) in [4.78, 5) is 30.1. The lowest BCUT2D eigenvalue weighted by Crippen LogP contribution is -2.24. The molecule has 2 aromatic carbocycles. The van der Waals surface area contributed by atoms with E-state index in [9.17, 15) is 9.59 Å². The highest BCUT2D eigenvalue weighted by Gasteiger charge is 2.15. The van der Waals surface area contributed by atoms with Gasteiger partial charge in [-0.3, -0.25) is 14.2 Å². The third-order valence-corrected chi connectivity index (χ3v) is 5.78. The number of halogens is 2. The smallest absolute Gasteiger partial charge is 0.262 e. The van der Waals surface area contributed by atoms with Crippen molar-refractivity contribution in [3.63, 3.8) is 0 Å². The largest absolute Gasteiger partial charge is 0.467 e. The molecule has 0 aliphatic rings. The zero-order valence-electron chi connectivity index (χ0n) is 15.5. The fourth-order valence-corrected chi connectivity index (χ4v) is 4.12. The van der Waals surface area contributed by atoms with Crippen molar-refractivity contribution in [3.05, 3.63) is 87.0 Å². The van der Waals surface area contributed by atoms with Gasteiger partial charge in [0.1, 0.15) is 5.76 Å². The molecule has 0 aliphatic carbocycles. The molecule has 2 heterocycles. The molecule has 0 spiro atoms. The number of carbonyl (C=O) groups excluding carboxylic acids is 1. The maximum atomic E-state index is 13.0. The van der Waals surface area contributed by atoms with Gasteiger partial charge in [-0.05, 0) is 42.5 Å². The molecular weight excluding hydrogens is 445 g/mol. The second-order valence-corrected chi connectivity index (χ2v) is 8.13. The second kappa shape index (κ2) is 8.95. The number of hydrogen-bond donors (Lipinski definition) is 1. The van der Waals surface area contributed by atoms with E-state index in [2.05, 4.69) is 10.3 Å². The minimum atomic E-state index is -0.281. The molecule has 0 unspecified atom stereocenters. The molecule has 6 nitrogen and oxygen atoms in total. The van der Waals surface area contributed by atoms with E-state index in [0.717, 1.165) is 11.8 Å². The summed E-state index contributed by atoms with van der Waals surface area (Å²) in [6.45, 7) is 0.219. The van der Waals surface area contributed by atoms with E-state index < -0.39 is 0 Å². The van der Waals surface area contributed by atoms with Crippen LogP contribution in [0.4, 0.5) is 5.69 Å². The first-order chi connectivity index (χ1) is 14.5. The number of hydrogen-bond acceptors (Lipinski definition) is 5. The number of rotatable bonds is 6. The highest BCUT2D eigenvalue weighted by Crippen LogP contribution is 2.26. The van der Waals surface area contributed by atoms with Crippen molar-refractivity contribution in [1.29, 1.82) is 0 Å². The molecule has 0 fully saturated rings. The highest BCUT2D eigenvalue weighted by atomic mass is 35.5. The standard InChI is InChI=1S/C21H15Cl2N3O3S/c22-13-7-8-18(16(23)10-13)24-19(27)12-30-21-25-17-6-2-1-5-15(17)20(28)26(21)11-14-4-3-9-29-14/h1-10H,11-12H2,(H,24,27). The van der Waals surface area contributed by atoms with Crippen LogP contribution in [-0.2, 0) is 11.3 Å². The fraction of sp³-hybridized carbons (Fsp3) is 0.0952. The molecule has 4 rings (SSSR count). The second-order valence-electron chi connectivity index (χ2n) is 6.34. The predicted octanol–water partition coefficient (Wildman–Crippen LogP) is 5.08. The van der Waals surface area contributed by atoms with Crippen LogP contribution in [0.3, 0.4) is 0 Å². The molecule has 152 valence electrons. The quantitative estimate of drug-likeness (QED) is 0.321. The Morgan fingerprint density at radius 1 is 1.13 bits per heavy atom. The topological polar surface area (TPSA) is 77.1 Å². The molecule has 0 atom stereocenters. The molecule has 30 heavy (non-hydrogen) atoms. The van der Waals surface area contributed by atoms with Gasteiger partial charge in [-0.2, -0.15) is 0 Å². The number of nitrogens with one attached hydrogen (secondary N) is 1. The van der Waals surface area contributed by atoms with Gasteiger partial charge in [0.25, 0.3) is 5.56 Å². The van der Waals surface area contributed by atoms with Crippen LogP contribution in [0.25, 0.3) is 10.9 Å². The lowest BCUT2D eigenvalue weighted by atomic mass is 10.2. The van der Waals surface area contributed by atoms with Gasteiger partial charge in [-0.15, -0.1) is 0 Å². The minimum absolute atomic E-state index is 0.0435. The maximum Gasteiger partial charge on any atom is 0.262 e. The Morgan fingerprint density at radius 3 is 2.73 bits per heavy atom. The van der Waals surface area contributed by atoms with Crippen molar-refractivity contribution in [1.82, 2.24) is 9.55 Å². The number of nitrogens with zero attached hydrogens (tertiary/aromatic N) is 2. The van der Waals surface area contributed by atoms with Crippen LogP contribution in [-0.4, -0.2) is 21.2 Å². The van der Waals surface area contributed by atoms with Gasteiger partial charge >= 0.3 is 0 Å². The van der Waals surface area contributed by atoms with E-state index in [-0.39, 0.29) is 23.8 Å². The van der Waals surface area contributed by atoms with E-state index in [1.54, 1.807) is 54.8 Å². The summed E-state index contributed by atoms with van der Waals surface area (Å²) in [6, 6.07) is 15.5. The first-order valence-electron chi connectivity index (χ1n) is 8.91. The predicted molar refractivity (Wildman–Crippen MR) is 120 cm³/mol. The summed E-state index contributed by atoms with van der Waals surface area (Å²) in [5.41, 5.74) is 0.841. The third kappa shape index (κ3) is 4.53. The zero-order valence-corrected chi connectivity index (χ0v) is 17.8. The number of fused-ring (bicyclic) bond motifs is 1. The summed E-state index contributed by atoms with van der Waals surface area (Å²) in [6.07, 6.45) is 1.55. The van der Waals surface area contributed by atoms with Crippen LogP contribution < -0.4 is 10.9 Å². The zero-order chi connectivity index (χ0) is 21.1. The Balaban J connectivity index is 1.59. The number of para-hydroxylation sites is 1. The third-order valence-electron chi connectivity index (χ3n) is 4.26. The molecule has 1 amide bonds. The van der Waals surface area contributed by atoms with E-state index >= 15 is 0 Å². The minimum Gasteiger partial charge on any atom is -0.467 e. The molecule has 0 saturated heterocycles. The van der Waals surface area contributed by atoms with E-state index in [4.69, 9.17) is 27.6 Å². The lowest BCUT2D eigenvalue weighted by Gasteiger charge is -2.12. The van der Waals surface area contributed by atoms with E-state index in [0.29, 0.717) is 37.6 Å². The van der Waals surface area contributed by atoms with Gasteiger partial charge in [0.15, 0.2) is 5.16 Å². The molecule has 0 saturated carbocycles. The Bertz CT molecular complexity index is 1270. The van der Waals surface area contributed by atoms with Gasteiger partial charge in [-0.1, -0.05) is 47.1 Å². The summed E-state index contributed by atoms with van der Waals surface area (Å²) < 4.78 is 6.89. The van der Waals surface area contributed by atoms with Crippen LogP contribution in [0.5, 0.6) is 0 Å². The first-order valence-corrected chi connectivity index (χ1v) is 10.6. The normalized spacial score (nSPS) is 11.0. The van der Waals surface area contributed by atoms with Crippen molar-refractivity contribution >= 4 is 57.5 Å². The molecule has 4 aromatic rings. The fourth-order valence-electron chi connectivity index (χ4n) is 2.86. The number of anilines is 1. The Kier molecular flexibility index (Phi) is 6.13.